The number of imidazole rings is 1. The van der Waals surface area contributed by atoms with Gasteiger partial charge in [-0.15, -0.1) is 0 Å². The summed E-state index contributed by atoms with van der Waals surface area (Å²) in [5.41, 5.74) is 1.07. The number of hydrogen-bond donors (Lipinski definition) is 1. The summed E-state index contributed by atoms with van der Waals surface area (Å²) in [5.74, 6) is 0.564. The summed E-state index contributed by atoms with van der Waals surface area (Å²) < 4.78 is 25.3. The molecular formula is C9H14N2O2S2. The van der Waals surface area contributed by atoms with Crippen LogP contribution < -0.4 is 0 Å². The van der Waals surface area contributed by atoms with Gasteiger partial charge in [0.1, 0.15) is 9.84 Å². The fourth-order valence-corrected chi connectivity index (χ4v) is 3.87. The summed E-state index contributed by atoms with van der Waals surface area (Å²) in [6.07, 6.45) is 3.22. The van der Waals surface area contributed by atoms with E-state index in [9.17, 15) is 8.42 Å². The third-order valence-corrected chi connectivity index (χ3v) is 4.92. The zero-order valence-electron chi connectivity index (χ0n) is 8.56. The van der Waals surface area contributed by atoms with E-state index in [1.54, 1.807) is 0 Å². The summed E-state index contributed by atoms with van der Waals surface area (Å²) in [5, 5.41) is 0. The second-order valence-corrected chi connectivity index (χ2v) is 6.68. The number of H-pyrrole nitrogens is 1. The number of hydrogen-bond acceptors (Lipinski definition) is 3. The Morgan fingerprint density at radius 3 is 2.53 bits per heavy atom. The van der Waals surface area contributed by atoms with Gasteiger partial charge in [-0.05, 0) is 32.0 Å². The molecule has 1 N–H and O–H groups in total. The van der Waals surface area contributed by atoms with Crippen LogP contribution >= 0.6 is 12.2 Å². The Bertz CT molecular complexity index is 498. The van der Waals surface area contributed by atoms with E-state index in [1.165, 1.54) is 0 Å². The van der Waals surface area contributed by atoms with Gasteiger partial charge in [0.2, 0.25) is 0 Å². The van der Waals surface area contributed by atoms with Crippen molar-refractivity contribution in [2.45, 2.75) is 25.8 Å². The molecule has 0 atom stereocenters. The maximum atomic E-state index is 11.3. The molecule has 0 radical (unpaired) electrons. The standard InChI is InChI=1S/C9H14N2O2S2/c1-7-6-10-9(14)11(7)8-2-4-15(12,13)5-3-8/h6,8H,2-5H2,1H3,(H,10,14). The van der Waals surface area contributed by atoms with Crippen molar-refractivity contribution in [3.8, 4) is 0 Å². The van der Waals surface area contributed by atoms with E-state index in [-0.39, 0.29) is 17.5 Å². The van der Waals surface area contributed by atoms with Crippen molar-refractivity contribution in [2.24, 2.45) is 0 Å². The van der Waals surface area contributed by atoms with Gasteiger partial charge in [0, 0.05) is 17.9 Å². The molecular weight excluding hydrogens is 232 g/mol. The Morgan fingerprint density at radius 2 is 2.07 bits per heavy atom. The van der Waals surface area contributed by atoms with E-state index in [4.69, 9.17) is 12.2 Å². The quantitative estimate of drug-likeness (QED) is 0.766. The van der Waals surface area contributed by atoms with Crippen molar-refractivity contribution in [1.29, 1.82) is 0 Å². The zero-order chi connectivity index (χ0) is 11.1. The van der Waals surface area contributed by atoms with E-state index in [2.05, 4.69) is 4.98 Å². The Morgan fingerprint density at radius 1 is 1.47 bits per heavy atom. The molecule has 0 spiro atoms. The Hall–Kier alpha value is -0.620. The molecule has 0 amide bonds. The zero-order valence-corrected chi connectivity index (χ0v) is 10.2. The van der Waals surface area contributed by atoms with Crippen LogP contribution in [0.1, 0.15) is 24.6 Å². The van der Waals surface area contributed by atoms with Crippen molar-refractivity contribution in [2.75, 3.05) is 11.5 Å². The van der Waals surface area contributed by atoms with Gasteiger partial charge in [-0.2, -0.15) is 0 Å². The highest BCUT2D eigenvalue weighted by atomic mass is 32.2. The second-order valence-electron chi connectivity index (χ2n) is 3.99. The largest absolute Gasteiger partial charge is 0.337 e. The minimum atomic E-state index is -2.79. The van der Waals surface area contributed by atoms with E-state index < -0.39 is 9.84 Å². The van der Waals surface area contributed by atoms with Crippen LogP contribution in [-0.4, -0.2) is 29.5 Å². The van der Waals surface area contributed by atoms with E-state index >= 15 is 0 Å². The normalized spacial score (nSPS) is 21.7. The lowest BCUT2D eigenvalue weighted by Crippen LogP contribution is -2.26. The van der Waals surface area contributed by atoms with Crippen LogP contribution in [0.15, 0.2) is 6.20 Å². The average Bonchev–Trinajstić information content (AvgIpc) is 2.48. The highest BCUT2D eigenvalue weighted by molar-refractivity contribution is 7.91. The lowest BCUT2D eigenvalue weighted by molar-refractivity contribution is 0.439. The Kier molecular flexibility index (Phi) is 2.72. The van der Waals surface area contributed by atoms with Crippen LogP contribution in [0.25, 0.3) is 0 Å². The van der Waals surface area contributed by atoms with Gasteiger partial charge in [0.05, 0.1) is 11.5 Å². The van der Waals surface area contributed by atoms with Crippen LogP contribution in [0.5, 0.6) is 0 Å². The van der Waals surface area contributed by atoms with Crippen LogP contribution in [0.4, 0.5) is 0 Å². The summed E-state index contributed by atoms with van der Waals surface area (Å²) in [6, 6.07) is 0.243. The third-order valence-electron chi connectivity index (χ3n) is 2.89. The summed E-state index contributed by atoms with van der Waals surface area (Å²) in [7, 11) is -2.79. The van der Waals surface area contributed by atoms with Gasteiger partial charge in [0.15, 0.2) is 4.77 Å². The Balaban J connectivity index is 2.25. The highest BCUT2D eigenvalue weighted by Crippen LogP contribution is 2.25. The minimum absolute atomic E-state index is 0.243. The molecule has 15 heavy (non-hydrogen) atoms. The predicted molar refractivity (Wildman–Crippen MR) is 61.3 cm³/mol. The van der Waals surface area contributed by atoms with Gasteiger partial charge in [-0.25, -0.2) is 8.42 Å². The molecule has 1 aromatic heterocycles. The lowest BCUT2D eigenvalue weighted by Gasteiger charge is -2.24. The monoisotopic (exact) mass is 246 g/mol. The molecule has 4 nitrogen and oxygen atoms in total. The maximum absolute atomic E-state index is 11.3. The van der Waals surface area contributed by atoms with Gasteiger partial charge in [-0.3, -0.25) is 0 Å². The lowest BCUT2D eigenvalue weighted by atomic mass is 10.1. The molecule has 2 rings (SSSR count). The van der Waals surface area contributed by atoms with Gasteiger partial charge in [-0.1, -0.05) is 0 Å². The fraction of sp³-hybridized carbons (Fsp3) is 0.667. The third kappa shape index (κ3) is 2.15. The molecule has 0 unspecified atom stereocenters. The summed E-state index contributed by atoms with van der Waals surface area (Å²) in [6.45, 7) is 1.98. The van der Waals surface area contributed by atoms with Crippen LogP contribution in [0, 0.1) is 11.7 Å². The van der Waals surface area contributed by atoms with Gasteiger partial charge < -0.3 is 9.55 Å². The summed E-state index contributed by atoms with van der Waals surface area (Å²) in [4.78, 5) is 2.98. The molecule has 1 fully saturated rings. The Labute approximate surface area is 94.2 Å². The van der Waals surface area contributed by atoms with Crippen molar-refractivity contribution >= 4 is 22.1 Å². The number of nitrogens with one attached hydrogen (secondary N) is 1. The van der Waals surface area contributed by atoms with Crippen molar-refractivity contribution in [3.63, 3.8) is 0 Å². The van der Waals surface area contributed by atoms with E-state index in [1.807, 2.05) is 17.7 Å². The average molecular weight is 246 g/mol. The highest BCUT2D eigenvalue weighted by Gasteiger charge is 2.25. The van der Waals surface area contributed by atoms with Gasteiger partial charge >= 0.3 is 0 Å². The first-order valence-electron chi connectivity index (χ1n) is 4.96. The summed E-state index contributed by atoms with van der Waals surface area (Å²) >= 11 is 5.17. The van der Waals surface area contributed by atoms with E-state index in [0.29, 0.717) is 17.6 Å². The number of sulfone groups is 1. The van der Waals surface area contributed by atoms with Crippen molar-refractivity contribution < 1.29 is 8.42 Å². The van der Waals surface area contributed by atoms with Crippen molar-refractivity contribution in [1.82, 2.24) is 9.55 Å². The molecule has 6 heteroatoms. The number of nitrogens with zero attached hydrogens (tertiary/aromatic N) is 1. The maximum Gasteiger partial charge on any atom is 0.177 e. The van der Waals surface area contributed by atoms with Crippen LogP contribution in [-0.2, 0) is 9.84 Å². The molecule has 1 aliphatic rings. The van der Waals surface area contributed by atoms with Crippen molar-refractivity contribution in [3.05, 3.63) is 16.7 Å². The van der Waals surface area contributed by atoms with Gasteiger partial charge in [0.25, 0.3) is 0 Å². The molecule has 0 aliphatic carbocycles. The van der Waals surface area contributed by atoms with Crippen LogP contribution in [0.3, 0.4) is 0 Å². The topological polar surface area (TPSA) is 54.9 Å². The van der Waals surface area contributed by atoms with Crippen LogP contribution in [0.2, 0.25) is 0 Å². The first-order chi connectivity index (χ1) is 6.99. The minimum Gasteiger partial charge on any atom is -0.337 e. The first-order valence-corrected chi connectivity index (χ1v) is 7.19. The number of rotatable bonds is 1. The number of aromatic amines is 1. The molecule has 0 bridgehead atoms. The molecule has 1 saturated heterocycles. The first kappa shape index (κ1) is 10.9. The predicted octanol–water partition coefficient (Wildman–Crippen LogP) is 1.60. The molecule has 0 aromatic carbocycles. The second kappa shape index (κ2) is 3.75. The molecule has 84 valence electrons. The number of aryl methyl sites for hydroxylation is 1. The number of aromatic nitrogens is 2. The van der Waals surface area contributed by atoms with E-state index in [0.717, 1.165) is 5.69 Å². The smallest absolute Gasteiger partial charge is 0.177 e. The molecule has 1 aromatic rings. The molecule has 0 saturated carbocycles. The fourth-order valence-electron chi connectivity index (χ4n) is 2.06. The molecule has 2 heterocycles. The molecule has 1 aliphatic heterocycles. The SMILES string of the molecule is Cc1c[nH]c(=S)n1C1CCS(=O)(=O)CC1.